The summed E-state index contributed by atoms with van der Waals surface area (Å²) in [4.78, 5) is 22.2. The molecule has 5 nitrogen and oxygen atoms in total. The molecular weight excluding hydrogens is 374 g/mol. The zero-order valence-corrected chi connectivity index (χ0v) is 16.5. The zero-order valence-electron chi connectivity index (χ0n) is 16.5. The summed E-state index contributed by atoms with van der Waals surface area (Å²) in [7, 11) is 0. The molecular formula is C25H21N3O2. The number of hydrogen-bond donors (Lipinski definition) is 2. The number of nitrogens with one attached hydrogen (secondary N) is 1. The number of hydrogen-bond acceptors (Lipinski definition) is 4. The van der Waals surface area contributed by atoms with Crippen LogP contribution in [-0.4, -0.2) is 21.0 Å². The van der Waals surface area contributed by atoms with Crippen molar-refractivity contribution in [3.05, 3.63) is 107 Å². The maximum atomic E-state index is 12.7. The van der Waals surface area contributed by atoms with Gasteiger partial charge in [0, 0.05) is 17.5 Å². The van der Waals surface area contributed by atoms with Gasteiger partial charge in [0.1, 0.15) is 5.75 Å². The molecule has 2 N–H and O–H groups in total. The highest BCUT2D eigenvalue weighted by Gasteiger charge is 2.16. The molecule has 0 aliphatic heterocycles. The monoisotopic (exact) mass is 395 g/mol. The van der Waals surface area contributed by atoms with Crippen molar-refractivity contribution >= 4 is 11.7 Å². The van der Waals surface area contributed by atoms with Crippen molar-refractivity contribution < 1.29 is 9.90 Å². The molecule has 0 aliphatic carbocycles. The van der Waals surface area contributed by atoms with Gasteiger partial charge in [-0.2, -0.15) is 0 Å². The summed E-state index contributed by atoms with van der Waals surface area (Å²) in [5, 5.41) is 12.5. The standard InChI is InChI=1S/C25H21N3O2/c1-17-23(19-12-14-21(29)15-13-19)27-22(16-18-8-4-2-5-9-18)24(26-17)28-25(30)20-10-6-3-7-11-20/h2-15,29H,16H2,1H3,(H,26,28,30). The van der Waals surface area contributed by atoms with E-state index in [4.69, 9.17) is 4.98 Å². The summed E-state index contributed by atoms with van der Waals surface area (Å²) in [5.41, 5.74) is 4.58. The summed E-state index contributed by atoms with van der Waals surface area (Å²) < 4.78 is 0. The number of phenols is 1. The lowest BCUT2D eigenvalue weighted by atomic mass is 10.1. The average molecular weight is 395 g/mol. The fraction of sp³-hybridized carbons (Fsp3) is 0.0800. The Morgan fingerprint density at radius 1 is 0.867 bits per heavy atom. The van der Waals surface area contributed by atoms with Gasteiger partial charge in [-0.05, 0) is 48.9 Å². The summed E-state index contributed by atoms with van der Waals surface area (Å²) in [6.07, 6.45) is 0.531. The molecule has 30 heavy (non-hydrogen) atoms. The Morgan fingerprint density at radius 2 is 1.50 bits per heavy atom. The lowest BCUT2D eigenvalue weighted by molar-refractivity contribution is 0.102. The van der Waals surface area contributed by atoms with Crippen molar-refractivity contribution in [2.75, 3.05) is 5.32 Å². The largest absolute Gasteiger partial charge is 0.508 e. The quantitative estimate of drug-likeness (QED) is 0.499. The van der Waals surface area contributed by atoms with Crippen molar-refractivity contribution in [1.29, 1.82) is 0 Å². The van der Waals surface area contributed by atoms with E-state index in [0.717, 1.165) is 16.8 Å². The molecule has 0 bridgehead atoms. The maximum absolute atomic E-state index is 12.7. The average Bonchev–Trinajstić information content (AvgIpc) is 2.77. The minimum absolute atomic E-state index is 0.195. The Kier molecular flexibility index (Phi) is 5.52. The summed E-state index contributed by atoms with van der Waals surface area (Å²) in [5.74, 6) is 0.421. The molecule has 4 rings (SSSR count). The predicted octanol–water partition coefficient (Wildman–Crippen LogP) is 5.00. The molecule has 0 saturated carbocycles. The molecule has 0 radical (unpaired) electrons. The van der Waals surface area contributed by atoms with E-state index in [0.29, 0.717) is 29.2 Å². The minimum Gasteiger partial charge on any atom is -0.508 e. The fourth-order valence-electron chi connectivity index (χ4n) is 3.23. The van der Waals surface area contributed by atoms with Crippen LogP contribution in [0.4, 0.5) is 5.82 Å². The van der Waals surface area contributed by atoms with E-state index in [1.165, 1.54) is 0 Å². The van der Waals surface area contributed by atoms with Crippen LogP contribution in [0.25, 0.3) is 11.3 Å². The molecule has 1 heterocycles. The number of aromatic hydroxyl groups is 1. The third-order valence-electron chi connectivity index (χ3n) is 4.77. The molecule has 5 heteroatoms. The number of aryl methyl sites for hydroxylation is 1. The molecule has 0 aliphatic rings. The van der Waals surface area contributed by atoms with Crippen LogP contribution in [0.2, 0.25) is 0 Å². The van der Waals surface area contributed by atoms with Crippen LogP contribution in [0.5, 0.6) is 5.75 Å². The number of phenolic OH excluding ortho intramolecular Hbond substituents is 1. The van der Waals surface area contributed by atoms with Gasteiger partial charge in [-0.3, -0.25) is 4.79 Å². The number of aromatic nitrogens is 2. The number of benzene rings is 3. The fourth-order valence-corrected chi connectivity index (χ4v) is 3.23. The van der Waals surface area contributed by atoms with Crippen molar-refractivity contribution in [1.82, 2.24) is 9.97 Å². The smallest absolute Gasteiger partial charge is 0.256 e. The highest BCUT2D eigenvalue weighted by Crippen LogP contribution is 2.26. The van der Waals surface area contributed by atoms with Crippen molar-refractivity contribution in [2.24, 2.45) is 0 Å². The lowest BCUT2D eigenvalue weighted by Gasteiger charge is -2.14. The Balaban J connectivity index is 1.75. The van der Waals surface area contributed by atoms with E-state index in [1.807, 2.05) is 55.5 Å². The van der Waals surface area contributed by atoms with Gasteiger partial charge in [0.15, 0.2) is 5.82 Å². The van der Waals surface area contributed by atoms with Crippen LogP contribution in [0.3, 0.4) is 0 Å². The maximum Gasteiger partial charge on any atom is 0.256 e. The highest BCUT2D eigenvalue weighted by atomic mass is 16.3. The van der Waals surface area contributed by atoms with Crippen LogP contribution >= 0.6 is 0 Å². The Morgan fingerprint density at radius 3 is 2.17 bits per heavy atom. The number of carbonyl (C=O) groups excluding carboxylic acids is 1. The van der Waals surface area contributed by atoms with Gasteiger partial charge in [0.05, 0.1) is 17.1 Å². The molecule has 0 spiro atoms. The molecule has 0 atom stereocenters. The Labute approximate surface area is 175 Å². The molecule has 0 unspecified atom stereocenters. The molecule has 0 saturated heterocycles. The van der Waals surface area contributed by atoms with E-state index in [9.17, 15) is 9.90 Å². The second kappa shape index (κ2) is 8.57. The SMILES string of the molecule is Cc1nc(NC(=O)c2ccccc2)c(Cc2ccccc2)nc1-c1ccc(O)cc1. The molecule has 3 aromatic carbocycles. The molecule has 1 aromatic heterocycles. The van der Waals surface area contributed by atoms with Crippen molar-refractivity contribution in [3.8, 4) is 17.0 Å². The first kappa shape index (κ1) is 19.3. The van der Waals surface area contributed by atoms with Crippen LogP contribution in [0.15, 0.2) is 84.9 Å². The Bertz CT molecular complexity index is 1160. The van der Waals surface area contributed by atoms with Gasteiger partial charge in [0.25, 0.3) is 5.91 Å². The number of carbonyl (C=O) groups is 1. The molecule has 1 amide bonds. The van der Waals surface area contributed by atoms with Crippen molar-refractivity contribution in [3.63, 3.8) is 0 Å². The molecule has 148 valence electrons. The van der Waals surface area contributed by atoms with Crippen LogP contribution in [0, 0.1) is 6.92 Å². The minimum atomic E-state index is -0.226. The van der Waals surface area contributed by atoms with E-state index in [-0.39, 0.29) is 11.7 Å². The molecule has 4 aromatic rings. The summed E-state index contributed by atoms with van der Waals surface area (Å²) in [6.45, 7) is 1.86. The molecule has 0 fully saturated rings. The number of anilines is 1. The summed E-state index contributed by atoms with van der Waals surface area (Å²) in [6, 6.07) is 25.8. The third-order valence-corrected chi connectivity index (χ3v) is 4.77. The first-order chi connectivity index (χ1) is 14.6. The van der Waals surface area contributed by atoms with Crippen molar-refractivity contribution in [2.45, 2.75) is 13.3 Å². The number of rotatable bonds is 5. The number of nitrogens with zero attached hydrogens (tertiary/aromatic N) is 2. The van der Waals surface area contributed by atoms with E-state index >= 15 is 0 Å². The predicted molar refractivity (Wildman–Crippen MR) is 118 cm³/mol. The topological polar surface area (TPSA) is 75.1 Å². The lowest BCUT2D eigenvalue weighted by Crippen LogP contribution is -2.16. The second-order valence-electron chi connectivity index (χ2n) is 6.98. The van der Waals surface area contributed by atoms with Crippen LogP contribution < -0.4 is 5.32 Å². The van der Waals surface area contributed by atoms with Gasteiger partial charge in [-0.25, -0.2) is 9.97 Å². The van der Waals surface area contributed by atoms with Crippen LogP contribution in [-0.2, 0) is 6.42 Å². The van der Waals surface area contributed by atoms with Gasteiger partial charge >= 0.3 is 0 Å². The third kappa shape index (κ3) is 4.36. The second-order valence-corrected chi connectivity index (χ2v) is 6.98. The van der Waals surface area contributed by atoms with Crippen LogP contribution in [0.1, 0.15) is 27.3 Å². The van der Waals surface area contributed by atoms with Gasteiger partial charge in [0.2, 0.25) is 0 Å². The number of amides is 1. The first-order valence-electron chi connectivity index (χ1n) is 9.67. The van der Waals surface area contributed by atoms with E-state index < -0.39 is 0 Å². The van der Waals surface area contributed by atoms with Gasteiger partial charge in [-0.1, -0.05) is 48.5 Å². The van der Waals surface area contributed by atoms with Gasteiger partial charge in [-0.15, -0.1) is 0 Å². The van der Waals surface area contributed by atoms with E-state index in [1.54, 1.807) is 36.4 Å². The van der Waals surface area contributed by atoms with Gasteiger partial charge < -0.3 is 10.4 Å². The Hall–Kier alpha value is -3.99. The zero-order chi connectivity index (χ0) is 20.9. The summed E-state index contributed by atoms with van der Waals surface area (Å²) >= 11 is 0. The first-order valence-corrected chi connectivity index (χ1v) is 9.67. The van der Waals surface area contributed by atoms with E-state index in [2.05, 4.69) is 10.3 Å². The normalized spacial score (nSPS) is 10.6. The highest BCUT2D eigenvalue weighted by molar-refractivity contribution is 6.04.